The smallest absolute Gasteiger partial charge is 0.313 e. The molecule has 0 rings (SSSR count). The molecule has 0 aliphatic heterocycles. The summed E-state index contributed by atoms with van der Waals surface area (Å²) in [6.45, 7) is 0. The summed E-state index contributed by atoms with van der Waals surface area (Å²) < 4.78 is -0.889. The first kappa shape index (κ1) is 89.7. The van der Waals surface area contributed by atoms with Crippen molar-refractivity contribution in [3.8, 4) is 0 Å². The third-order valence-corrected chi connectivity index (χ3v) is 0. The minimum Gasteiger partial charge on any atom is -0.412 e. The first-order valence-electron chi connectivity index (χ1n) is 0.582. The van der Waals surface area contributed by atoms with Crippen LogP contribution < -0.4 is 0 Å². The molecular weight excluding hydrogens is 195 g/mol. The zero-order valence-corrected chi connectivity index (χ0v) is 6.18. The molecule has 12 N–H and O–H groups in total. The van der Waals surface area contributed by atoms with Crippen LogP contribution in [0.2, 0.25) is 0 Å². The highest BCUT2D eigenvalue weighted by Gasteiger charge is 1.72. The normalized spacial score (nSPS) is 2.60. The molecule has 7 nitrogen and oxygen atoms in total. The summed E-state index contributed by atoms with van der Waals surface area (Å²) in [7, 11) is 0. The molecule has 9 heteroatoms. The van der Waals surface area contributed by atoms with E-state index in [-0.39, 0.29) is 32.9 Å². The lowest BCUT2D eigenvalue weighted by molar-refractivity contribution is 0.275. The summed E-state index contributed by atoms with van der Waals surface area (Å²) in [6, 6.07) is 0. The Hall–Kier alpha value is 0.01000. The molecule has 0 aromatic carbocycles. The van der Waals surface area contributed by atoms with Gasteiger partial charge in [-0.1, -0.05) is 0 Å². The quantitative estimate of drug-likeness (QED) is 0.366. The first-order valence-corrected chi connectivity index (χ1v) is 1.34. The Kier molecular flexibility index (Phi) is 572. The lowest BCUT2D eigenvalue weighted by Gasteiger charge is -1.48. The van der Waals surface area contributed by atoms with E-state index in [2.05, 4.69) is 23.2 Å². The van der Waals surface area contributed by atoms with Crippen LogP contribution in [0.1, 0.15) is 0 Å². The van der Waals surface area contributed by atoms with Gasteiger partial charge in [0, 0.05) is 0 Å². The van der Waals surface area contributed by atoms with Gasteiger partial charge in [0.15, 0.2) is 0 Å². The molecular formula is CH12Cl2O7. The molecule has 0 saturated heterocycles. The average Bonchev–Trinajstić information content (AvgIpc) is 0.811. The van der Waals surface area contributed by atoms with Crippen LogP contribution in [0.25, 0.3) is 0 Å². The molecule has 0 fully saturated rings. The minimum atomic E-state index is -0.889. The summed E-state index contributed by atoms with van der Waals surface area (Å²) in [4.78, 5) is 8.98. The maximum absolute atomic E-state index is 8.98. The predicted molar refractivity (Wildman–Crippen MR) is 38.8 cm³/mol. The van der Waals surface area contributed by atoms with Gasteiger partial charge in [0.05, 0.1) is 0 Å². The van der Waals surface area contributed by atoms with Crippen LogP contribution >= 0.6 is 23.2 Å². The maximum atomic E-state index is 8.98. The molecule has 0 heterocycles. The van der Waals surface area contributed by atoms with Gasteiger partial charge in [0.25, 0.3) is 0 Å². The minimum absolute atomic E-state index is 0. The Balaban J connectivity index is -0.00000000300. The van der Waals surface area contributed by atoms with Crippen molar-refractivity contribution in [3.05, 3.63) is 0 Å². The monoisotopic (exact) mass is 206 g/mol. The highest BCUT2D eigenvalue weighted by atomic mass is 35.5. The number of rotatable bonds is 0. The lowest BCUT2D eigenvalue weighted by atomic mass is 11.8. The molecule has 0 aliphatic rings. The second-order valence-corrected chi connectivity index (χ2v) is 1.11. The van der Waals surface area contributed by atoms with Crippen LogP contribution in [0.3, 0.4) is 0 Å². The fourth-order valence-electron chi connectivity index (χ4n) is 0. The lowest BCUT2D eigenvalue weighted by Crippen LogP contribution is -1.46. The molecule has 0 saturated carbocycles. The summed E-state index contributed by atoms with van der Waals surface area (Å²) >= 11 is 8.80. The van der Waals surface area contributed by atoms with E-state index in [9.17, 15) is 0 Å². The van der Waals surface area contributed by atoms with Crippen LogP contribution in [0.4, 0.5) is 4.79 Å². The zero-order valence-electron chi connectivity index (χ0n) is 4.66. The van der Waals surface area contributed by atoms with Gasteiger partial charge in [-0.3, -0.25) is 4.79 Å². The Morgan fingerprint density at radius 1 is 0.700 bits per heavy atom. The molecule has 0 atom stereocenters. The highest BCUT2D eigenvalue weighted by Crippen LogP contribution is 1.84. The van der Waals surface area contributed by atoms with Gasteiger partial charge in [-0.15, -0.1) is 0 Å². The van der Waals surface area contributed by atoms with Gasteiger partial charge >= 0.3 is 4.70 Å². The van der Waals surface area contributed by atoms with Gasteiger partial charge in [-0.05, 0) is 23.2 Å². The summed E-state index contributed by atoms with van der Waals surface area (Å²) in [5.74, 6) is 0. The molecule has 0 spiro atoms. The van der Waals surface area contributed by atoms with Crippen molar-refractivity contribution in [2.45, 2.75) is 0 Å². The van der Waals surface area contributed by atoms with E-state index in [4.69, 9.17) is 4.79 Å². The third-order valence-electron chi connectivity index (χ3n) is 0. The Bertz CT molecular complexity index is 34.6. The Labute approximate surface area is 66.4 Å². The molecule has 0 unspecified atom stereocenters. The van der Waals surface area contributed by atoms with E-state index in [1.807, 2.05) is 0 Å². The summed E-state index contributed by atoms with van der Waals surface area (Å²) in [6.07, 6.45) is 0. The van der Waals surface area contributed by atoms with Crippen molar-refractivity contribution in [2.24, 2.45) is 0 Å². The predicted octanol–water partition coefficient (Wildman–Crippen LogP) is -3.36. The average molecular weight is 207 g/mol. The van der Waals surface area contributed by atoms with Crippen molar-refractivity contribution >= 4 is 27.9 Å². The van der Waals surface area contributed by atoms with Crippen molar-refractivity contribution in [2.75, 3.05) is 0 Å². The fraction of sp³-hybridized carbons (Fsp3) is 0. The first-order chi connectivity index (χ1) is 1.73. The van der Waals surface area contributed by atoms with Crippen molar-refractivity contribution in [1.82, 2.24) is 0 Å². The second kappa shape index (κ2) is 63.8. The van der Waals surface area contributed by atoms with Gasteiger partial charge in [-0.25, -0.2) is 0 Å². The van der Waals surface area contributed by atoms with E-state index in [1.54, 1.807) is 0 Å². The van der Waals surface area contributed by atoms with Crippen molar-refractivity contribution in [1.29, 1.82) is 0 Å². The van der Waals surface area contributed by atoms with E-state index in [1.165, 1.54) is 0 Å². The van der Waals surface area contributed by atoms with Crippen LogP contribution in [-0.4, -0.2) is 37.6 Å². The second-order valence-electron chi connectivity index (χ2n) is 0.226. The Morgan fingerprint density at radius 2 is 0.700 bits per heavy atom. The molecule has 72 valence electrons. The number of carbonyl (C=O) groups excluding carboxylic acids is 1. The van der Waals surface area contributed by atoms with E-state index in [0.29, 0.717) is 0 Å². The Morgan fingerprint density at radius 3 is 0.700 bits per heavy atom. The maximum Gasteiger partial charge on any atom is 0.313 e. The largest absolute Gasteiger partial charge is 0.412 e. The molecule has 10 heavy (non-hydrogen) atoms. The van der Waals surface area contributed by atoms with Crippen LogP contribution in [0.5, 0.6) is 0 Å². The SMILES string of the molecule is O.O.O.O.O.O.O=C(Cl)Cl. The van der Waals surface area contributed by atoms with Gasteiger partial charge in [0.1, 0.15) is 0 Å². The van der Waals surface area contributed by atoms with E-state index >= 15 is 0 Å². The van der Waals surface area contributed by atoms with Gasteiger partial charge in [0.2, 0.25) is 0 Å². The number of hydrogen-bond acceptors (Lipinski definition) is 1. The molecule has 0 radical (unpaired) electrons. The van der Waals surface area contributed by atoms with Crippen molar-refractivity contribution in [3.63, 3.8) is 0 Å². The number of halogens is 2. The van der Waals surface area contributed by atoms with Crippen LogP contribution in [-0.2, 0) is 0 Å². The highest BCUT2D eigenvalue weighted by molar-refractivity contribution is 6.93. The van der Waals surface area contributed by atoms with Gasteiger partial charge < -0.3 is 32.9 Å². The molecule has 0 bridgehead atoms. The standard InChI is InChI=1S/CCl2O.6H2O/c2-1(3)4;;;;;;/h;6*1H2. The number of carbonyl (C=O) groups is 1. The fourth-order valence-corrected chi connectivity index (χ4v) is 0. The van der Waals surface area contributed by atoms with Crippen molar-refractivity contribution < 1.29 is 37.7 Å². The number of hydrogen-bond donors (Lipinski definition) is 0. The molecule has 0 aromatic heterocycles. The molecule has 0 aliphatic carbocycles. The van der Waals surface area contributed by atoms with E-state index in [0.717, 1.165) is 0 Å². The third kappa shape index (κ3) is 3940000. The van der Waals surface area contributed by atoms with E-state index < -0.39 is 4.70 Å². The summed E-state index contributed by atoms with van der Waals surface area (Å²) in [5, 5.41) is 0. The van der Waals surface area contributed by atoms with Crippen LogP contribution in [0.15, 0.2) is 0 Å². The zero-order chi connectivity index (χ0) is 3.58. The molecule has 0 amide bonds. The van der Waals surface area contributed by atoms with Crippen LogP contribution in [0, 0.1) is 0 Å². The summed E-state index contributed by atoms with van der Waals surface area (Å²) in [5.41, 5.74) is 0. The molecule has 0 aromatic rings. The topological polar surface area (TPSA) is 206 Å². The van der Waals surface area contributed by atoms with Gasteiger partial charge in [-0.2, -0.15) is 0 Å².